The number of aryl methyl sites for hydroxylation is 1. The normalized spacial score (nSPS) is 19.6. The maximum absolute atomic E-state index is 11.3. The molecule has 0 saturated heterocycles. The lowest BCUT2D eigenvalue weighted by molar-refractivity contribution is -0.144. The molecule has 0 radical (unpaired) electrons. The number of pyridine rings is 3. The molecule has 0 bridgehead atoms. The van der Waals surface area contributed by atoms with Crippen molar-refractivity contribution >= 4 is 17.6 Å². The van der Waals surface area contributed by atoms with Gasteiger partial charge in [0.05, 0.1) is 17.3 Å². The number of carboxylic acid groups (broad SMARTS) is 1. The first-order valence-electron chi connectivity index (χ1n) is 12.7. The van der Waals surface area contributed by atoms with Crippen LogP contribution in [0, 0.1) is 18.8 Å². The van der Waals surface area contributed by atoms with Gasteiger partial charge in [-0.05, 0) is 102 Å². The van der Waals surface area contributed by atoms with E-state index in [1.807, 2.05) is 64.1 Å². The number of nitrogens with zero attached hydrogens (tertiary/aromatic N) is 3. The predicted molar refractivity (Wildman–Crippen MR) is 143 cm³/mol. The molecular weight excluding hydrogens is 468 g/mol. The van der Waals surface area contributed by atoms with Gasteiger partial charge in [0.25, 0.3) is 0 Å². The summed E-state index contributed by atoms with van der Waals surface area (Å²) in [6.07, 6.45) is 5.92. The lowest BCUT2D eigenvalue weighted by Crippen LogP contribution is -2.36. The largest absolute Gasteiger partial charge is 0.488 e. The quantitative estimate of drug-likeness (QED) is 0.366. The Balaban J connectivity index is 1.50. The zero-order chi connectivity index (χ0) is 26.8. The second-order valence-corrected chi connectivity index (χ2v) is 11.1. The fraction of sp³-hybridized carbons (Fsp3) is 0.448. The lowest BCUT2D eigenvalue weighted by Gasteiger charge is -2.36. The van der Waals surface area contributed by atoms with E-state index in [1.165, 1.54) is 0 Å². The van der Waals surface area contributed by atoms with Gasteiger partial charge in [-0.15, -0.1) is 0 Å². The fourth-order valence-corrected chi connectivity index (χ4v) is 4.86. The minimum atomic E-state index is -1.12. The SMILES string of the molecule is Cc1cc(Nc2cc(OC(C)(C)C)ccn2)nc(-c2ccc(C(C)(O)C3CCC(C(=O)O)CC3)nc2)c1. The Hall–Kier alpha value is -3.52. The number of carbonyl (C=O) groups is 1. The molecule has 3 aromatic rings. The average Bonchev–Trinajstić information content (AvgIpc) is 2.83. The highest BCUT2D eigenvalue weighted by Crippen LogP contribution is 2.40. The summed E-state index contributed by atoms with van der Waals surface area (Å²) in [5, 5.41) is 23.8. The highest BCUT2D eigenvalue weighted by Gasteiger charge is 2.38. The molecule has 196 valence electrons. The number of aromatic nitrogens is 3. The summed E-state index contributed by atoms with van der Waals surface area (Å²) < 4.78 is 5.94. The topological polar surface area (TPSA) is 117 Å². The summed E-state index contributed by atoms with van der Waals surface area (Å²) in [5.41, 5.74) is 1.76. The van der Waals surface area contributed by atoms with Crippen LogP contribution in [0.1, 0.15) is 64.6 Å². The summed E-state index contributed by atoms with van der Waals surface area (Å²) in [4.78, 5) is 25.0. The minimum Gasteiger partial charge on any atom is -0.488 e. The molecule has 8 heteroatoms. The molecule has 3 N–H and O–H groups in total. The third-order valence-corrected chi connectivity index (χ3v) is 6.83. The number of anilines is 2. The van der Waals surface area contributed by atoms with E-state index in [2.05, 4.69) is 15.3 Å². The second-order valence-electron chi connectivity index (χ2n) is 11.1. The van der Waals surface area contributed by atoms with Crippen LogP contribution >= 0.6 is 0 Å². The fourth-order valence-electron chi connectivity index (χ4n) is 4.86. The average molecular weight is 505 g/mol. The van der Waals surface area contributed by atoms with E-state index in [0.717, 1.165) is 22.6 Å². The van der Waals surface area contributed by atoms with Crippen molar-refractivity contribution in [1.29, 1.82) is 0 Å². The Bertz CT molecular complexity index is 1240. The first-order chi connectivity index (χ1) is 17.4. The number of aliphatic carboxylic acids is 1. The third kappa shape index (κ3) is 6.63. The summed E-state index contributed by atoms with van der Waals surface area (Å²) >= 11 is 0. The van der Waals surface area contributed by atoms with Crippen molar-refractivity contribution < 1.29 is 19.7 Å². The van der Waals surface area contributed by atoms with Crippen LogP contribution in [0.15, 0.2) is 48.8 Å². The van der Waals surface area contributed by atoms with E-state index >= 15 is 0 Å². The van der Waals surface area contributed by atoms with E-state index in [-0.39, 0.29) is 17.4 Å². The van der Waals surface area contributed by atoms with E-state index < -0.39 is 11.6 Å². The Morgan fingerprint density at radius 1 is 1.00 bits per heavy atom. The molecule has 1 atom stereocenters. The van der Waals surface area contributed by atoms with Crippen LogP contribution in [0.4, 0.5) is 11.6 Å². The monoisotopic (exact) mass is 504 g/mol. The van der Waals surface area contributed by atoms with Crippen LogP contribution < -0.4 is 10.1 Å². The summed E-state index contributed by atoms with van der Waals surface area (Å²) in [6, 6.07) is 11.4. The summed E-state index contributed by atoms with van der Waals surface area (Å²) in [7, 11) is 0. The van der Waals surface area contributed by atoms with Gasteiger partial charge in [0, 0.05) is 24.0 Å². The van der Waals surface area contributed by atoms with E-state index in [9.17, 15) is 15.0 Å². The Morgan fingerprint density at radius 2 is 1.73 bits per heavy atom. The molecule has 37 heavy (non-hydrogen) atoms. The van der Waals surface area contributed by atoms with Gasteiger partial charge in [0.2, 0.25) is 0 Å². The van der Waals surface area contributed by atoms with Gasteiger partial charge in [0.15, 0.2) is 0 Å². The smallest absolute Gasteiger partial charge is 0.306 e. The van der Waals surface area contributed by atoms with E-state index in [4.69, 9.17) is 9.72 Å². The van der Waals surface area contributed by atoms with E-state index in [0.29, 0.717) is 43.0 Å². The maximum Gasteiger partial charge on any atom is 0.306 e. The van der Waals surface area contributed by atoms with Crippen LogP contribution in [0.2, 0.25) is 0 Å². The molecule has 1 unspecified atom stereocenters. The molecule has 1 fully saturated rings. The molecule has 0 spiro atoms. The Morgan fingerprint density at radius 3 is 2.35 bits per heavy atom. The summed E-state index contributed by atoms with van der Waals surface area (Å²) in [5.74, 6) is 0.915. The van der Waals surface area contributed by atoms with E-state index in [1.54, 1.807) is 19.3 Å². The first kappa shape index (κ1) is 26.5. The molecule has 0 aliphatic heterocycles. The third-order valence-electron chi connectivity index (χ3n) is 6.83. The minimum absolute atomic E-state index is 0.0279. The summed E-state index contributed by atoms with van der Waals surface area (Å²) in [6.45, 7) is 9.77. The zero-order valence-electron chi connectivity index (χ0n) is 22.2. The van der Waals surface area contributed by atoms with Crippen molar-refractivity contribution in [2.45, 2.75) is 71.5 Å². The van der Waals surface area contributed by atoms with Gasteiger partial charge < -0.3 is 20.3 Å². The molecule has 1 aliphatic rings. The van der Waals surface area contributed by atoms with Crippen molar-refractivity contribution in [3.8, 4) is 17.0 Å². The number of nitrogens with one attached hydrogen (secondary N) is 1. The molecule has 1 saturated carbocycles. The predicted octanol–water partition coefficient (Wildman–Crippen LogP) is 5.87. The number of rotatable bonds is 7. The number of hydrogen-bond donors (Lipinski definition) is 3. The second kappa shape index (κ2) is 10.5. The molecule has 0 amide bonds. The molecule has 8 nitrogen and oxygen atoms in total. The van der Waals surface area contributed by atoms with Crippen LogP contribution in [-0.2, 0) is 10.4 Å². The van der Waals surface area contributed by atoms with Gasteiger partial charge in [0.1, 0.15) is 28.6 Å². The Kier molecular flexibility index (Phi) is 7.50. The molecule has 0 aromatic carbocycles. The molecule has 3 aromatic heterocycles. The lowest BCUT2D eigenvalue weighted by atomic mass is 9.73. The number of ether oxygens (including phenoxy) is 1. The van der Waals surface area contributed by atoms with Crippen molar-refractivity contribution in [3.05, 3.63) is 60.0 Å². The molecule has 3 heterocycles. The van der Waals surface area contributed by atoms with Gasteiger partial charge >= 0.3 is 5.97 Å². The number of aliphatic hydroxyl groups is 1. The highest BCUT2D eigenvalue weighted by atomic mass is 16.5. The number of hydrogen-bond acceptors (Lipinski definition) is 7. The Labute approximate surface area is 218 Å². The van der Waals surface area contributed by atoms with Crippen LogP contribution in [-0.4, -0.2) is 36.7 Å². The molecule has 4 rings (SSSR count). The highest BCUT2D eigenvalue weighted by molar-refractivity contribution is 5.70. The van der Waals surface area contributed by atoms with Gasteiger partial charge in [-0.1, -0.05) is 0 Å². The standard InChI is InChI=1S/C29H36N4O4/c1-18-14-23(32-26(15-18)33-25-16-22(12-13-30-25)37-28(2,3)4)20-8-11-24(31-17-20)29(5,36)21-9-6-19(7-10-21)27(34)35/h8,11-17,19,21,36H,6-7,9-10H2,1-5H3,(H,34,35)(H,30,32,33). The van der Waals surface area contributed by atoms with Crippen LogP contribution in [0.5, 0.6) is 5.75 Å². The van der Waals surface area contributed by atoms with Crippen LogP contribution in [0.25, 0.3) is 11.3 Å². The molecular formula is C29H36N4O4. The van der Waals surface area contributed by atoms with Gasteiger partial charge in [-0.25, -0.2) is 9.97 Å². The zero-order valence-corrected chi connectivity index (χ0v) is 22.2. The first-order valence-corrected chi connectivity index (χ1v) is 12.7. The number of carboxylic acids is 1. The van der Waals surface area contributed by atoms with Gasteiger partial charge in [-0.3, -0.25) is 9.78 Å². The van der Waals surface area contributed by atoms with Crippen molar-refractivity contribution in [1.82, 2.24) is 15.0 Å². The van der Waals surface area contributed by atoms with Crippen LogP contribution in [0.3, 0.4) is 0 Å². The van der Waals surface area contributed by atoms with Crippen molar-refractivity contribution in [3.63, 3.8) is 0 Å². The van der Waals surface area contributed by atoms with Gasteiger partial charge in [-0.2, -0.15) is 0 Å². The van der Waals surface area contributed by atoms with Crippen molar-refractivity contribution in [2.24, 2.45) is 11.8 Å². The maximum atomic E-state index is 11.3. The van der Waals surface area contributed by atoms with Crippen molar-refractivity contribution in [2.75, 3.05) is 5.32 Å². The molecule has 1 aliphatic carbocycles.